The van der Waals surface area contributed by atoms with Crippen molar-refractivity contribution < 1.29 is 23.5 Å². The minimum Gasteiger partial charge on any atom is -0.378 e. The number of rotatable bonds is 9. The van der Waals surface area contributed by atoms with E-state index in [0.29, 0.717) is 62.5 Å². The highest BCUT2D eigenvalue weighted by atomic mass is 19.1. The van der Waals surface area contributed by atoms with Crippen LogP contribution in [0.3, 0.4) is 0 Å². The molecule has 12 nitrogen and oxygen atoms in total. The number of nitroso groups, excluding NO2 is 2. The summed E-state index contributed by atoms with van der Waals surface area (Å²) in [6.07, 6.45) is 3.29. The lowest BCUT2D eigenvalue weighted by molar-refractivity contribution is -0.135. The molecular formula is C31H43FN6O6. The number of anilines is 1. The number of nitrogens with one attached hydrogen (secondary N) is 3. The van der Waals surface area contributed by atoms with Gasteiger partial charge in [-0.15, -0.1) is 0 Å². The number of hydrogen-bond acceptors (Lipinski definition) is 8. The van der Waals surface area contributed by atoms with Crippen LogP contribution in [0.15, 0.2) is 41.7 Å². The first-order chi connectivity index (χ1) is 20.9. The third-order valence-corrected chi connectivity index (χ3v) is 6.87. The van der Waals surface area contributed by atoms with Crippen molar-refractivity contribution in [1.82, 2.24) is 15.2 Å². The van der Waals surface area contributed by atoms with Gasteiger partial charge in [-0.2, -0.15) is 9.81 Å². The van der Waals surface area contributed by atoms with Crippen LogP contribution in [0.5, 0.6) is 0 Å². The standard InChI is InChI=1S/C9H6FNO.C9H13N.C8H14N2O3.C5H10N2O2/c1-5-7-4-6(10)2-3-8(7)11-9(5)12;1-5-9-7(3)6(2)8(4)10-9;1-7(9-12)6-8(11)10-2-4-13-5-3-10;1-5(7-9)2-3-6-4-8/h2-4H,1H2,(H,11,12);5,10H,1H2,2-4H3;7H,2-6H2,1H3;4-5H,2-3H2,1H3,(H,6,8). The molecule has 1 aromatic carbocycles. The molecule has 13 heteroatoms. The molecule has 3 amide bonds. The van der Waals surface area contributed by atoms with Crippen molar-refractivity contribution in [1.29, 1.82) is 0 Å². The number of aromatic nitrogens is 1. The van der Waals surface area contributed by atoms with Crippen LogP contribution in [-0.4, -0.2) is 73.0 Å². The predicted octanol–water partition coefficient (Wildman–Crippen LogP) is 5.04. The smallest absolute Gasteiger partial charge is 0.255 e. The number of nitrogens with zero attached hydrogens (tertiary/aromatic N) is 3. The summed E-state index contributed by atoms with van der Waals surface area (Å²) >= 11 is 0. The average molecular weight is 615 g/mol. The largest absolute Gasteiger partial charge is 0.378 e. The van der Waals surface area contributed by atoms with Crippen molar-refractivity contribution in [2.24, 2.45) is 10.4 Å². The van der Waals surface area contributed by atoms with E-state index in [2.05, 4.69) is 59.9 Å². The van der Waals surface area contributed by atoms with Gasteiger partial charge in [-0.05, 0) is 76.4 Å². The Morgan fingerprint density at radius 2 is 1.77 bits per heavy atom. The van der Waals surface area contributed by atoms with Gasteiger partial charge in [0.25, 0.3) is 5.91 Å². The van der Waals surface area contributed by atoms with Gasteiger partial charge >= 0.3 is 0 Å². The summed E-state index contributed by atoms with van der Waals surface area (Å²) in [7, 11) is 0. The van der Waals surface area contributed by atoms with Gasteiger partial charge in [-0.3, -0.25) is 14.4 Å². The Kier molecular flexibility index (Phi) is 16.7. The van der Waals surface area contributed by atoms with Crippen LogP contribution in [0.1, 0.15) is 54.8 Å². The predicted molar refractivity (Wildman–Crippen MR) is 170 cm³/mol. The van der Waals surface area contributed by atoms with Gasteiger partial charge in [-0.25, -0.2) is 4.39 Å². The van der Waals surface area contributed by atoms with Crippen molar-refractivity contribution in [3.63, 3.8) is 0 Å². The Balaban J connectivity index is 0.000000297. The van der Waals surface area contributed by atoms with Gasteiger partial charge in [0.1, 0.15) is 5.82 Å². The fourth-order valence-corrected chi connectivity index (χ4v) is 3.91. The first-order valence-electron chi connectivity index (χ1n) is 14.2. The number of fused-ring (bicyclic) bond motifs is 1. The first-order valence-corrected chi connectivity index (χ1v) is 14.2. The van der Waals surface area contributed by atoms with Crippen LogP contribution in [0.2, 0.25) is 0 Å². The molecule has 2 aliphatic heterocycles. The summed E-state index contributed by atoms with van der Waals surface area (Å²) < 4.78 is 17.8. The second kappa shape index (κ2) is 19.6. The molecule has 0 bridgehead atoms. The molecule has 2 atom stereocenters. The number of morpholine rings is 1. The zero-order chi connectivity index (χ0) is 33.2. The third-order valence-electron chi connectivity index (χ3n) is 6.87. The van der Waals surface area contributed by atoms with Crippen LogP contribution in [0.4, 0.5) is 10.1 Å². The van der Waals surface area contributed by atoms with E-state index in [4.69, 9.17) is 4.74 Å². The van der Waals surface area contributed by atoms with Crippen LogP contribution < -0.4 is 10.6 Å². The van der Waals surface area contributed by atoms with Crippen LogP contribution >= 0.6 is 0 Å². The number of hydrogen-bond donors (Lipinski definition) is 3. The lowest BCUT2D eigenvalue weighted by Gasteiger charge is -2.27. The Hall–Kier alpha value is -4.52. The zero-order valence-electron chi connectivity index (χ0n) is 26.1. The number of halogens is 1. The normalized spacial score (nSPS) is 14.5. The molecule has 2 unspecified atom stereocenters. The maximum absolute atomic E-state index is 12.7. The van der Waals surface area contributed by atoms with Gasteiger partial charge in [0, 0.05) is 47.8 Å². The van der Waals surface area contributed by atoms with Crippen molar-refractivity contribution >= 4 is 35.6 Å². The van der Waals surface area contributed by atoms with E-state index in [1.165, 1.54) is 35.0 Å². The molecule has 0 spiro atoms. The lowest BCUT2D eigenvalue weighted by atomic mass is 10.1. The maximum atomic E-state index is 12.7. The maximum Gasteiger partial charge on any atom is 0.255 e. The van der Waals surface area contributed by atoms with Crippen molar-refractivity contribution in [3.05, 3.63) is 75.1 Å². The number of amides is 3. The number of carbonyl (C=O) groups excluding carboxylic acids is 3. The molecule has 44 heavy (non-hydrogen) atoms. The highest BCUT2D eigenvalue weighted by Gasteiger charge is 2.22. The summed E-state index contributed by atoms with van der Waals surface area (Å²) in [4.78, 5) is 56.9. The van der Waals surface area contributed by atoms with Gasteiger partial charge in [0.05, 0.1) is 31.7 Å². The molecule has 2 aromatic rings. The highest BCUT2D eigenvalue weighted by Crippen LogP contribution is 2.30. The Bertz CT molecular complexity index is 1300. The van der Waals surface area contributed by atoms with E-state index in [1.807, 2.05) is 6.08 Å². The van der Waals surface area contributed by atoms with Crippen LogP contribution in [-0.2, 0) is 19.1 Å². The number of aromatic amines is 1. The highest BCUT2D eigenvalue weighted by molar-refractivity contribution is 6.30. The van der Waals surface area contributed by atoms with Gasteiger partial charge in [-0.1, -0.05) is 23.5 Å². The number of H-pyrrole nitrogens is 1. The molecule has 0 saturated carbocycles. The van der Waals surface area contributed by atoms with E-state index < -0.39 is 6.04 Å². The summed E-state index contributed by atoms with van der Waals surface area (Å²) in [5.41, 5.74) is 6.56. The van der Waals surface area contributed by atoms with E-state index in [1.54, 1.807) is 18.7 Å². The molecule has 240 valence electrons. The number of carbonyl (C=O) groups is 3. The van der Waals surface area contributed by atoms with E-state index >= 15 is 0 Å². The van der Waals surface area contributed by atoms with Crippen molar-refractivity contribution in [3.8, 4) is 0 Å². The van der Waals surface area contributed by atoms with Crippen molar-refractivity contribution in [2.75, 3.05) is 38.2 Å². The van der Waals surface area contributed by atoms with E-state index in [9.17, 15) is 28.6 Å². The topological polar surface area (TPSA) is 162 Å². The van der Waals surface area contributed by atoms with Gasteiger partial charge in [0.2, 0.25) is 12.3 Å². The summed E-state index contributed by atoms with van der Waals surface area (Å²) in [6.45, 7) is 19.9. The van der Waals surface area contributed by atoms with E-state index in [0.717, 1.165) is 5.69 Å². The second-order valence-electron chi connectivity index (χ2n) is 10.2. The molecule has 4 rings (SSSR count). The molecule has 1 aromatic heterocycles. The fraction of sp³-hybridized carbons (Fsp3) is 0.452. The van der Waals surface area contributed by atoms with Crippen molar-refractivity contribution in [2.45, 2.75) is 59.5 Å². The molecular weight excluding hydrogens is 571 g/mol. The zero-order valence-corrected chi connectivity index (χ0v) is 26.1. The summed E-state index contributed by atoms with van der Waals surface area (Å²) in [5, 5.41) is 10.6. The monoisotopic (exact) mass is 614 g/mol. The second-order valence-corrected chi connectivity index (χ2v) is 10.2. The van der Waals surface area contributed by atoms with E-state index in [-0.39, 0.29) is 30.1 Å². The number of ether oxygens (including phenoxy) is 1. The molecule has 2 aliphatic rings. The first kappa shape index (κ1) is 37.5. The summed E-state index contributed by atoms with van der Waals surface area (Å²) in [6, 6.07) is 3.52. The SMILES string of the molecule is C=C1C(=O)Nc2ccc(F)cc21.C=Cc1[nH]c(C)c(C)c1C.CC(CC(=O)N1CCOCC1)N=O.CC(CCNC=O)N=O. The van der Waals surface area contributed by atoms with Gasteiger partial charge < -0.3 is 25.3 Å². The van der Waals surface area contributed by atoms with Crippen LogP contribution in [0, 0.1) is 36.4 Å². The molecule has 0 aliphatic carbocycles. The molecule has 3 N–H and O–H groups in total. The van der Waals surface area contributed by atoms with Crippen LogP contribution in [0.25, 0.3) is 11.6 Å². The number of benzene rings is 1. The molecule has 3 heterocycles. The average Bonchev–Trinajstić information content (AvgIpc) is 3.46. The lowest BCUT2D eigenvalue weighted by Crippen LogP contribution is -2.41. The minimum absolute atomic E-state index is 0.00426. The fourth-order valence-electron chi connectivity index (χ4n) is 3.91. The van der Waals surface area contributed by atoms with Gasteiger partial charge in [0.15, 0.2) is 0 Å². The summed E-state index contributed by atoms with van der Waals surface area (Å²) in [5.74, 6) is -0.614. The number of aryl methyl sites for hydroxylation is 1. The Morgan fingerprint density at radius 1 is 1.14 bits per heavy atom. The quantitative estimate of drug-likeness (QED) is 0.155. The Labute approximate surface area is 257 Å². The third kappa shape index (κ3) is 12.4. The molecule has 1 fully saturated rings. The molecule has 1 saturated heterocycles. The Morgan fingerprint density at radius 3 is 2.27 bits per heavy atom. The minimum atomic E-state index is -0.421. The molecule has 0 radical (unpaired) electrons.